The monoisotopic (exact) mass is 389 g/mol. The van der Waals surface area contributed by atoms with E-state index in [2.05, 4.69) is 20.9 Å². The van der Waals surface area contributed by atoms with E-state index in [1.807, 2.05) is 55.4 Å². The molecule has 148 valence electrons. The summed E-state index contributed by atoms with van der Waals surface area (Å²) in [7, 11) is 3.93. The summed E-state index contributed by atoms with van der Waals surface area (Å²) in [6, 6.07) is 16.6. The zero-order valence-corrected chi connectivity index (χ0v) is 16.6. The summed E-state index contributed by atoms with van der Waals surface area (Å²) in [5.41, 5.74) is 4.44. The average molecular weight is 389 g/mol. The summed E-state index contributed by atoms with van der Waals surface area (Å²) in [5.74, 6) is -0.357. The molecule has 0 bridgehead atoms. The zero-order chi connectivity index (χ0) is 20.8. The second kappa shape index (κ2) is 8.88. The van der Waals surface area contributed by atoms with E-state index in [0.29, 0.717) is 16.9 Å². The molecule has 0 saturated heterocycles. The van der Waals surface area contributed by atoms with E-state index in [1.54, 1.807) is 24.4 Å². The van der Waals surface area contributed by atoms with Gasteiger partial charge in [0.15, 0.2) is 0 Å². The van der Waals surface area contributed by atoms with Gasteiger partial charge in [0.2, 0.25) is 5.91 Å². The lowest BCUT2D eigenvalue weighted by Gasteiger charge is -2.13. The lowest BCUT2D eigenvalue weighted by atomic mass is 10.2. The molecule has 0 aliphatic heterocycles. The van der Waals surface area contributed by atoms with Crippen LogP contribution in [0.5, 0.6) is 0 Å². The Morgan fingerprint density at radius 1 is 0.793 bits per heavy atom. The highest BCUT2D eigenvalue weighted by atomic mass is 16.2. The third-order valence-corrected chi connectivity index (χ3v) is 4.14. The number of aromatic nitrogens is 1. The van der Waals surface area contributed by atoms with Crippen molar-refractivity contribution in [3.05, 3.63) is 72.6 Å². The van der Waals surface area contributed by atoms with Crippen LogP contribution >= 0.6 is 0 Å². The maximum atomic E-state index is 12.6. The number of nitrogens with one attached hydrogen (secondary N) is 3. The lowest BCUT2D eigenvalue weighted by molar-refractivity contribution is -0.114. The number of pyridine rings is 1. The summed E-state index contributed by atoms with van der Waals surface area (Å²) in [5, 5.41) is 8.80. The molecule has 3 aromatic rings. The summed E-state index contributed by atoms with van der Waals surface area (Å²) in [6.07, 6.45) is 3.17. The third-order valence-electron chi connectivity index (χ3n) is 4.14. The Kier molecular flexibility index (Phi) is 6.09. The van der Waals surface area contributed by atoms with Crippen LogP contribution in [0.2, 0.25) is 0 Å². The van der Waals surface area contributed by atoms with E-state index in [4.69, 9.17) is 0 Å². The highest BCUT2D eigenvalue weighted by Crippen LogP contribution is 2.20. The number of carbonyl (C=O) groups excluding carboxylic acids is 2. The fourth-order valence-electron chi connectivity index (χ4n) is 2.69. The average Bonchev–Trinajstić information content (AvgIpc) is 2.70. The highest BCUT2D eigenvalue weighted by molar-refractivity contribution is 6.04. The summed E-state index contributed by atoms with van der Waals surface area (Å²) in [4.78, 5) is 29.8. The van der Waals surface area contributed by atoms with Crippen molar-refractivity contribution in [2.45, 2.75) is 6.92 Å². The summed E-state index contributed by atoms with van der Waals surface area (Å²) >= 11 is 0. The normalized spacial score (nSPS) is 10.2. The predicted octanol–water partition coefficient (Wildman–Crippen LogP) is 4.10. The minimum atomic E-state index is -0.236. The first-order valence-electron chi connectivity index (χ1n) is 9.09. The Morgan fingerprint density at radius 3 is 2.00 bits per heavy atom. The van der Waals surface area contributed by atoms with Gasteiger partial charge in [-0.3, -0.25) is 14.6 Å². The molecule has 0 aliphatic carbocycles. The quantitative estimate of drug-likeness (QED) is 0.591. The lowest BCUT2D eigenvalue weighted by Crippen LogP contribution is -2.13. The molecule has 1 heterocycles. The van der Waals surface area contributed by atoms with Crippen molar-refractivity contribution < 1.29 is 9.59 Å². The number of amides is 2. The molecule has 3 N–H and O–H groups in total. The number of hydrogen-bond acceptors (Lipinski definition) is 5. The molecule has 3 rings (SSSR count). The SMILES string of the molecule is CC(=O)Nc1ccc(Nc2cncc(C(=O)Nc3ccc(N(C)C)cc3)c2)cc1. The van der Waals surface area contributed by atoms with Crippen molar-refractivity contribution >= 4 is 40.3 Å². The van der Waals surface area contributed by atoms with E-state index in [-0.39, 0.29) is 11.8 Å². The standard InChI is InChI=1S/C22H23N5O2/c1-15(28)24-17-4-6-18(7-5-17)25-20-12-16(13-23-14-20)22(29)26-19-8-10-21(11-9-19)27(2)3/h4-14,25H,1-3H3,(H,24,28)(H,26,29). The number of nitrogens with zero attached hydrogens (tertiary/aromatic N) is 2. The summed E-state index contributed by atoms with van der Waals surface area (Å²) in [6.45, 7) is 1.46. The van der Waals surface area contributed by atoms with Crippen molar-refractivity contribution in [1.29, 1.82) is 0 Å². The smallest absolute Gasteiger partial charge is 0.257 e. The Balaban J connectivity index is 1.66. The number of hydrogen-bond donors (Lipinski definition) is 3. The second-order valence-electron chi connectivity index (χ2n) is 6.74. The molecule has 1 aromatic heterocycles. The molecule has 2 amide bonds. The van der Waals surface area contributed by atoms with Crippen molar-refractivity contribution in [1.82, 2.24) is 4.98 Å². The molecule has 0 atom stereocenters. The van der Waals surface area contributed by atoms with Crippen LogP contribution in [0, 0.1) is 0 Å². The van der Waals surface area contributed by atoms with Crippen LogP contribution in [-0.4, -0.2) is 30.9 Å². The fraction of sp³-hybridized carbons (Fsp3) is 0.136. The molecular weight excluding hydrogens is 366 g/mol. The molecule has 0 fully saturated rings. The van der Waals surface area contributed by atoms with Gasteiger partial charge in [-0.05, 0) is 54.6 Å². The predicted molar refractivity (Wildman–Crippen MR) is 117 cm³/mol. The van der Waals surface area contributed by atoms with Gasteiger partial charge in [0.25, 0.3) is 5.91 Å². The Morgan fingerprint density at radius 2 is 1.38 bits per heavy atom. The van der Waals surface area contributed by atoms with E-state index in [0.717, 1.165) is 17.1 Å². The van der Waals surface area contributed by atoms with Crippen molar-refractivity contribution in [3.63, 3.8) is 0 Å². The van der Waals surface area contributed by atoms with Crippen molar-refractivity contribution in [3.8, 4) is 0 Å². The maximum Gasteiger partial charge on any atom is 0.257 e. The fourth-order valence-corrected chi connectivity index (χ4v) is 2.69. The number of rotatable bonds is 6. The molecule has 0 saturated carbocycles. The largest absolute Gasteiger partial charge is 0.378 e. The van der Waals surface area contributed by atoms with Gasteiger partial charge in [-0.15, -0.1) is 0 Å². The highest BCUT2D eigenvalue weighted by Gasteiger charge is 2.08. The van der Waals surface area contributed by atoms with E-state index in [1.165, 1.54) is 13.1 Å². The maximum absolute atomic E-state index is 12.6. The number of carbonyl (C=O) groups is 2. The first-order valence-corrected chi connectivity index (χ1v) is 9.09. The van der Waals surface area contributed by atoms with Gasteiger partial charge in [-0.2, -0.15) is 0 Å². The van der Waals surface area contributed by atoms with Gasteiger partial charge in [0.1, 0.15) is 0 Å². The van der Waals surface area contributed by atoms with E-state index in [9.17, 15) is 9.59 Å². The van der Waals surface area contributed by atoms with Crippen LogP contribution in [0.15, 0.2) is 67.0 Å². The van der Waals surface area contributed by atoms with Crippen LogP contribution in [0.4, 0.5) is 28.4 Å². The molecule has 2 aromatic carbocycles. The van der Waals surface area contributed by atoms with Crippen molar-refractivity contribution in [2.75, 3.05) is 34.9 Å². The molecule has 7 nitrogen and oxygen atoms in total. The Hall–Kier alpha value is -3.87. The molecule has 0 radical (unpaired) electrons. The van der Waals surface area contributed by atoms with Gasteiger partial charge in [-0.1, -0.05) is 0 Å². The van der Waals surface area contributed by atoms with E-state index >= 15 is 0 Å². The molecule has 0 aliphatic rings. The Bertz CT molecular complexity index is 998. The van der Waals surface area contributed by atoms with Crippen LogP contribution in [-0.2, 0) is 4.79 Å². The second-order valence-corrected chi connectivity index (χ2v) is 6.74. The van der Waals surface area contributed by atoms with Gasteiger partial charge >= 0.3 is 0 Å². The number of benzene rings is 2. The first-order chi connectivity index (χ1) is 13.9. The number of anilines is 5. The third kappa shape index (κ3) is 5.55. The topological polar surface area (TPSA) is 86.4 Å². The molecule has 7 heteroatoms. The minimum Gasteiger partial charge on any atom is -0.378 e. The molecular formula is C22H23N5O2. The summed E-state index contributed by atoms with van der Waals surface area (Å²) < 4.78 is 0. The van der Waals surface area contributed by atoms with Crippen molar-refractivity contribution in [2.24, 2.45) is 0 Å². The minimum absolute atomic E-state index is 0.120. The van der Waals surface area contributed by atoms with Gasteiger partial charge in [-0.25, -0.2) is 0 Å². The van der Waals surface area contributed by atoms with E-state index < -0.39 is 0 Å². The van der Waals surface area contributed by atoms with Crippen LogP contribution in [0.3, 0.4) is 0 Å². The molecule has 0 spiro atoms. The molecule has 29 heavy (non-hydrogen) atoms. The van der Waals surface area contributed by atoms with Gasteiger partial charge < -0.3 is 20.9 Å². The van der Waals surface area contributed by atoms with Gasteiger partial charge in [0.05, 0.1) is 17.4 Å². The van der Waals surface area contributed by atoms with Crippen LogP contribution < -0.4 is 20.9 Å². The van der Waals surface area contributed by atoms with Crippen LogP contribution in [0.1, 0.15) is 17.3 Å². The van der Waals surface area contributed by atoms with Gasteiger partial charge in [0, 0.05) is 50.0 Å². The molecule has 0 unspecified atom stereocenters. The first kappa shape index (κ1) is 19.9. The van der Waals surface area contributed by atoms with Crippen LogP contribution in [0.25, 0.3) is 0 Å². The Labute approximate surface area is 169 Å². The zero-order valence-electron chi connectivity index (χ0n) is 16.6.